The largest absolute Gasteiger partial charge is 0.542 e. The molecule has 1 heterocycles. The lowest BCUT2D eigenvalue weighted by Crippen LogP contribution is -3.14. The molecule has 0 radical (unpaired) electrons. The van der Waals surface area contributed by atoms with Crippen molar-refractivity contribution in [2.45, 2.75) is 63.2 Å². The van der Waals surface area contributed by atoms with E-state index in [1.54, 1.807) is 4.90 Å². The molecule has 2 aliphatic rings. The number of carboxylic acids is 1. The van der Waals surface area contributed by atoms with Crippen LogP contribution in [0, 0.1) is 5.92 Å². The minimum absolute atomic E-state index is 0.0272. The Morgan fingerprint density at radius 1 is 1.05 bits per heavy atom. The number of halogens is 5. The van der Waals surface area contributed by atoms with E-state index in [1.807, 2.05) is 24.3 Å². The number of piperidine rings is 1. The molecule has 37 heavy (non-hydrogen) atoms. The second kappa shape index (κ2) is 13.0. The minimum atomic E-state index is -5.19. The van der Waals surface area contributed by atoms with Gasteiger partial charge in [0.15, 0.2) is 0 Å². The number of quaternary nitrogens is 1. The maximum absolute atomic E-state index is 12.7. The Kier molecular flexibility index (Phi) is 10.3. The molecule has 0 spiro atoms. The maximum atomic E-state index is 12.7. The number of carbonyl (C=O) groups excluding carboxylic acids is 2. The first-order chi connectivity index (χ1) is 17.4. The summed E-state index contributed by atoms with van der Waals surface area (Å²) in [6.07, 6.45) is 0.355. The van der Waals surface area contributed by atoms with E-state index >= 15 is 0 Å². The molecule has 1 amide bonds. The van der Waals surface area contributed by atoms with Crippen molar-refractivity contribution in [2.75, 3.05) is 13.1 Å². The molecule has 3 unspecified atom stereocenters. The van der Waals surface area contributed by atoms with Crippen LogP contribution in [0.25, 0.3) is 0 Å². The van der Waals surface area contributed by atoms with Crippen LogP contribution >= 0.6 is 23.2 Å². The van der Waals surface area contributed by atoms with Crippen LogP contribution in [0.4, 0.5) is 13.2 Å². The Labute approximate surface area is 224 Å². The molecule has 1 saturated heterocycles. The number of carbonyl (C=O) groups is 2. The van der Waals surface area contributed by atoms with Crippen LogP contribution in [0.5, 0.6) is 0 Å². The maximum Gasteiger partial charge on any atom is 0.430 e. The number of alkyl halides is 3. The lowest BCUT2D eigenvalue weighted by molar-refractivity contribution is -0.916. The van der Waals surface area contributed by atoms with Gasteiger partial charge in [0.05, 0.1) is 25.6 Å². The molecule has 1 aliphatic carbocycles. The number of rotatable bonds is 8. The molecule has 2 aromatic rings. The number of hydrogen-bond donors (Lipinski definition) is 2. The summed E-state index contributed by atoms with van der Waals surface area (Å²) in [7, 11) is 0. The van der Waals surface area contributed by atoms with Crippen molar-refractivity contribution < 1.29 is 32.8 Å². The third-order valence-electron chi connectivity index (χ3n) is 7.23. The van der Waals surface area contributed by atoms with Crippen LogP contribution in [0.2, 0.25) is 10.0 Å². The molecule has 5 nitrogen and oxygen atoms in total. The summed E-state index contributed by atoms with van der Waals surface area (Å²) in [4.78, 5) is 23.2. The van der Waals surface area contributed by atoms with E-state index in [1.165, 1.54) is 36.9 Å². The highest BCUT2D eigenvalue weighted by molar-refractivity contribution is 6.30. The van der Waals surface area contributed by atoms with Gasteiger partial charge in [0.2, 0.25) is 5.91 Å². The number of amides is 1. The number of likely N-dealkylation sites (tertiary alicyclic amines) is 1. The first-order valence-corrected chi connectivity index (χ1v) is 13.1. The summed E-state index contributed by atoms with van der Waals surface area (Å²) in [6.45, 7) is 4.33. The first kappa shape index (κ1) is 29.3. The van der Waals surface area contributed by atoms with Gasteiger partial charge in [0.1, 0.15) is 5.97 Å². The molecule has 1 aliphatic heterocycles. The van der Waals surface area contributed by atoms with Crippen molar-refractivity contribution in [1.29, 1.82) is 0 Å². The normalized spacial score (nSPS) is 22.1. The Morgan fingerprint density at radius 3 is 2.11 bits per heavy atom. The minimum Gasteiger partial charge on any atom is -0.542 e. The second-order valence-corrected chi connectivity index (χ2v) is 10.7. The van der Waals surface area contributed by atoms with E-state index in [0.717, 1.165) is 35.0 Å². The third kappa shape index (κ3) is 8.90. The number of nitrogens with one attached hydrogen (secondary N) is 2. The number of hydrogen-bond acceptors (Lipinski definition) is 3. The topological polar surface area (TPSA) is 73.7 Å². The Balaban J connectivity index is 0.000000479. The molecule has 0 aromatic heterocycles. The van der Waals surface area contributed by atoms with Gasteiger partial charge < -0.3 is 20.1 Å². The first-order valence-electron chi connectivity index (χ1n) is 12.3. The van der Waals surface area contributed by atoms with Crippen molar-refractivity contribution >= 4 is 35.1 Å². The Morgan fingerprint density at radius 2 is 1.62 bits per heavy atom. The quantitative estimate of drug-likeness (QED) is 0.520. The fourth-order valence-corrected chi connectivity index (χ4v) is 5.60. The molecule has 202 valence electrons. The zero-order chi connectivity index (χ0) is 27.2. The summed E-state index contributed by atoms with van der Waals surface area (Å²) in [6, 6.07) is 16.8. The number of aliphatic carboxylic acids is 1. The molecule has 4 rings (SSSR count). The van der Waals surface area contributed by atoms with E-state index in [4.69, 9.17) is 33.1 Å². The highest BCUT2D eigenvalue weighted by Crippen LogP contribution is 2.28. The van der Waals surface area contributed by atoms with Gasteiger partial charge in [0, 0.05) is 34.3 Å². The monoisotopic (exact) mass is 558 g/mol. The summed E-state index contributed by atoms with van der Waals surface area (Å²) in [5, 5.41) is 13.5. The van der Waals surface area contributed by atoms with Gasteiger partial charge in [-0.3, -0.25) is 4.79 Å². The SMILES string of the molecule is C[C@@H](NC(=O)CC[NH+]1CC2CCC1C2)[C@H](Cc1ccc(Cl)cc1)c1ccc(Cl)cc1.O=C([O-])C(F)(F)F. The molecule has 2 aromatic carbocycles. The molecule has 2 N–H and O–H groups in total. The zero-order valence-corrected chi connectivity index (χ0v) is 22.0. The van der Waals surface area contributed by atoms with E-state index in [2.05, 4.69) is 36.5 Å². The zero-order valence-electron chi connectivity index (χ0n) is 20.5. The molecule has 5 atom stereocenters. The van der Waals surface area contributed by atoms with Crippen molar-refractivity contribution in [2.24, 2.45) is 5.92 Å². The van der Waals surface area contributed by atoms with Crippen LogP contribution in [-0.4, -0.2) is 43.2 Å². The molecule has 2 bridgehead atoms. The van der Waals surface area contributed by atoms with Gasteiger partial charge in [-0.1, -0.05) is 47.5 Å². The van der Waals surface area contributed by atoms with E-state index in [-0.39, 0.29) is 17.9 Å². The van der Waals surface area contributed by atoms with Gasteiger partial charge in [-0.2, -0.15) is 13.2 Å². The van der Waals surface area contributed by atoms with Crippen LogP contribution in [0.3, 0.4) is 0 Å². The van der Waals surface area contributed by atoms with Gasteiger partial charge in [-0.25, -0.2) is 0 Å². The van der Waals surface area contributed by atoms with Crippen LogP contribution < -0.4 is 15.3 Å². The van der Waals surface area contributed by atoms with Gasteiger partial charge >= 0.3 is 6.18 Å². The van der Waals surface area contributed by atoms with Gasteiger partial charge in [-0.15, -0.1) is 0 Å². The van der Waals surface area contributed by atoms with Crippen LogP contribution in [-0.2, 0) is 16.0 Å². The van der Waals surface area contributed by atoms with Gasteiger partial charge in [-0.05, 0) is 61.6 Å². The van der Waals surface area contributed by atoms with Gasteiger partial charge in [0.25, 0.3) is 0 Å². The van der Waals surface area contributed by atoms with E-state index in [0.29, 0.717) is 6.42 Å². The third-order valence-corrected chi connectivity index (χ3v) is 7.74. The van der Waals surface area contributed by atoms with Crippen molar-refractivity contribution in [1.82, 2.24) is 5.32 Å². The standard InChI is InChI=1S/C25H30Cl2N2O.C2HF3O2/c1-17(28-25(30)12-13-29-16-19-4-11-23(29)14-19)24(20-5-9-22(27)10-6-20)15-18-2-7-21(26)8-3-18;3-2(4,5)1(6)7/h2-3,5-10,17,19,23-24H,4,11-16H2,1H3,(H,28,30);(H,6,7)/t17-,19?,23?,24+;/m1./s1. The van der Waals surface area contributed by atoms with E-state index < -0.39 is 12.1 Å². The highest BCUT2D eigenvalue weighted by Gasteiger charge is 2.41. The van der Waals surface area contributed by atoms with Crippen molar-refractivity contribution in [3.05, 3.63) is 69.7 Å². The number of carboxylic acid groups (broad SMARTS) is 1. The predicted molar refractivity (Wildman–Crippen MR) is 134 cm³/mol. The predicted octanol–water partition coefficient (Wildman–Crippen LogP) is 3.58. The Bertz CT molecular complexity index is 1050. The van der Waals surface area contributed by atoms with E-state index in [9.17, 15) is 18.0 Å². The molecule has 1 saturated carbocycles. The second-order valence-electron chi connectivity index (χ2n) is 9.87. The average molecular weight is 559 g/mol. The van der Waals surface area contributed by atoms with Crippen LogP contribution in [0.15, 0.2) is 48.5 Å². The lowest BCUT2D eigenvalue weighted by Gasteiger charge is -2.27. The molecule has 2 fully saturated rings. The Hall–Kier alpha value is -2.29. The lowest BCUT2D eigenvalue weighted by atomic mass is 9.86. The summed E-state index contributed by atoms with van der Waals surface area (Å²) < 4.78 is 31.5. The van der Waals surface area contributed by atoms with Crippen molar-refractivity contribution in [3.63, 3.8) is 0 Å². The van der Waals surface area contributed by atoms with Crippen molar-refractivity contribution in [3.8, 4) is 0 Å². The average Bonchev–Trinajstić information content (AvgIpc) is 3.46. The molecular formula is C27H31Cl2F3N2O3. The summed E-state index contributed by atoms with van der Waals surface area (Å²) in [5.74, 6) is -1.77. The molecule has 10 heteroatoms. The van der Waals surface area contributed by atoms with Crippen LogP contribution in [0.1, 0.15) is 49.7 Å². The number of fused-ring (bicyclic) bond motifs is 2. The fourth-order valence-electron chi connectivity index (χ4n) is 5.34. The summed E-state index contributed by atoms with van der Waals surface area (Å²) in [5.41, 5.74) is 2.39. The number of benzene rings is 2. The highest BCUT2D eigenvalue weighted by atomic mass is 35.5. The molecular weight excluding hydrogens is 528 g/mol. The fraction of sp³-hybridized carbons (Fsp3) is 0.481. The summed E-state index contributed by atoms with van der Waals surface area (Å²) >= 11 is 12.2. The smallest absolute Gasteiger partial charge is 0.430 e.